The van der Waals surface area contributed by atoms with Gasteiger partial charge in [0.2, 0.25) is 11.8 Å². The number of nitrogens with one attached hydrogen (secondary N) is 2. The number of nitrogens with zero attached hydrogens (tertiary/aromatic N) is 3. The van der Waals surface area contributed by atoms with Crippen molar-refractivity contribution in [3.8, 4) is 0 Å². The van der Waals surface area contributed by atoms with E-state index in [9.17, 15) is 14.4 Å². The van der Waals surface area contributed by atoms with Gasteiger partial charge in [-0.3, -0.25) is 19.1 Å². The van der Waals surface area contributed by atoms with Gasteiger partial charge in [0, 0.05) is 37.4 Å². The molecule has 0 spiro atoms. The summed E-state index contributed by atoms with van der Waals surface area (Å²) in [6, 6.07) is 13.4. The third-order valence-electron chi connectivity index (χ3n) is 10.9. The molecule has 3 aromatic rings. The van der Waals surface area contributed by atoms with Crippen LogP contribution in [-0.2, 0) is 39.1 Å². The summed E-state index contributed by atoms with van der Waals surface area (Å²) in [4.78, 5) is 44.2. The number of piperidine rings is 1. The Morgan fingerprint density at radius 2 is 1.78 bits per heavy atom. The number of aromatic nitrogens is 2. The first-order chi connectivity index (χ1) is 21.9. The first-order valence-electron chi connectivity index (χ1n) is 16.7. The molecule has 1 aliphatic carbocycles. The van der Waals surface area contributed by atoms with Crippen molar-refractivity contribution in [1.82, 2.24) is 25.3 Å². The summed E-state index contributed by atoms with van der Waals surface area (Å²) in [6.07, 6.45) is 6.88. The monoisotopic (exact) mass is 611 g/mol. The van der Waals surface area contributed by atoms with E-state index in [1.54, 1.807) is 4.90 Å². The molecular weight excluding hydrogens is 566 g/mol. The highest BCUT2D eigenvalue weighted by molar-refractivity contribution is 5.95. The number of aryl methyl sites for hydroxylation is 2. The Balaban J connectivity index is 1.10. The van der Waals surface area contributed by atoms with E-state index in [-0.39, 0.29) is 47.2 Å². The lowest BCUT2D eigenvalue weighted by molar-refractivity contribution is -0.146. The van der Waals surface area contributed by atoms with Gasteiger partial charge in [0.25, 0.3) is 0 Å². The van der Waals surface area contributed by atoms with Gasteiger partial charge >= 0.3 is 0 Å². The van der Waals surface area contributed by atoms with Crippen LogP contribution in [0.1, 0.15) is 48.8 Å². The molecule has 2 amide bonds. The Morgan fingerprint density at radius 3 is 2.56 bits per heavy atom. The summed E-state index contributed by atoms with van der Waals surface area (Å²) in [7, 11) is 1.91. The van der Waals surface area contributed by atoms with Crippen molar-refractivity contribution in [3.63, 3.8) is 0 Å². The van der Waals surface area contributed by atoms with Gasteiger partial charge in [-0.05, 0) is 93.0 Å². The predicted octanol–water partition coefficient (Wildman–Crippen LogP) is 3.57. The number of likely N-dealkylation sites (tertiary alicyclic amines) is 1. The molecular formula is C36H45N5O4. The summed E-state index contributed by atoms with van der Waals surface area (Å²) >= 11 is 0. The van der Waals surface area contributed by atoms with Crippen molar-refractivity contribution in [2.45, 2.75) is 64.1 Å². The number of carbonyl (C=O) groups is 3. The van der Waals surface area contributed by atoms with Crippen molar-refractivity contribution in [1.29, 1.82) is 0 Å². The summed E-state index contributed by atoms with van der Waals surface area (Å²) in [5.41, 5.74) is 4.44. The second-order valence-corrected chi connectivity index (χ2v) is 13.9. The zero-order chi connectivity index (χ0) is 31.1. The fourth-order valence-corrected chi connectivity index (χ4v) is 8.51. The molecule has 2 N–H and O–H groups in total. The van der Waals surface area contributed by atoms with Crippen LogP contribution in [0.15, 0.2) is 48.7 Å². The fraction of sp³-hybridized carbons (Fsp3) is 0.556. The van der Waals surface area contributed by atoms with Crippen molar-refractivity contribution < 1.29 is 19.1 Å². The first kappa shape index (κ1) is 30.1. The van der Waals surface area contributed by atoms with E-state index in [0.29, 0.717) is 45.7 Å². The van der Waals surface area contributed by atoms with Gasteiger partial charge in [0.05, 0.1) is 31.0 Å². The lowest BCUT2D eigenvalue weighted by atomic mass is 9.74. The lowest BCUT2D eigenvalue weighted by Crippen LogP contribution is -2.58. The molecule has 4 heterocycles. The van der Waals surface area contributed by atoms with Gasteiger partial charge in [-0.15, -0.1) is 0 Å². The maximum atomic E-state index is 14.5. The number of rotatable bonds is 8. The summed E-state index contributed by atoms with van der Waals surface area (Å²) in [6.45, 7) is 4.96. The molecule has 6 atom stereocenters. The average molecular weight is 612 g/mol. The van der Waals surface area contributed by atoms with E-state index in [0.717, 1.165) is 42.1 Å². The van der Waals surface area contributed by atoms with Crippen LogP contribution in [0.25, 0.3) is 10.9 Å². The highest BCUT2D eigenvalue weighted by Gasteiger charge is 2.50. The Hall–Kier alpha value is -3.56. The van der Waals surface area contributed by atoms with Crippen LogP contribution in [0.2, 0.25) is 0 Å². The van der Waals surface area contributed by atoms with Gasteiger partial charge in [-0.1, -0.05) is 35.9 Å². The molecule has 1 saturated carbocycles. The molecule has 0 radical (unpaired) electrons. The predicted molar refractivity (Wildman–Crippen MR) is 171 cm³/mol. The number of benzene rings is 2. The van der Waals surface area contributed by atoms with Crippen LogP contribution in [0.3, 0.4) is 0 Å². The van der Waals surface area contributed by atoms with E-state index < -0.39 is 12.1 Å². The van der Waals surface area contributed by atoms with Gasteiger partial charge in [-0.2, -0.15) is 5.10 Å². The fourth-order valence-electron chi connectivity index (χ4n) is 8.51. The smallest absolute Gasteiger partial charge is 0.243 e. The number of fused-ring (bicyclic) bond motifs is 3. The van der Waals surface area contributed by atoms with Crippen LogP contribution in [0, 0.1) is 36.5 Å². The van der Waals surface area contributed by atoms with E-state index in [4.69, 9.17) is 4.74 Å². The standard InChI is InChI=1S/C36H45N5O4/c1-22-5-7-23(8-6-22)14-25-16-31(35(43)38-17-24-9-12-30-28(15-24)18-39-40(30)2)41(19-25)36(44)33-29(4-3-13-37-33)34(42)32-26-10-11-27(32)21-45-20-26/h5-9,12,15,18,25-27,29,31-33,37H,3-4,10-11,13-14,16-17,19-21H2,1-2H3,(H,38,43)/t25-,26?,27?,29+,31+,32?,33-/m1/s1. The third kappa shape index (κ3) is 6.04. The maximum Gasteiger partial charge on any atom is 0.243 e. The molecule has 7 rings (SSSR count). The van der Waals surface area contributed by atoms with Crippen molar-refractivity contribution in [2.24, 2.45) is 36.6 Å². The van der Waals surface area contributed by atoms with Crippen molar-refractivity contribution >= 4 is 28.5 Å². The molecule has 4 aliphatic rings. The van der Waals surface area contributed by atoms with Crippen LogP contribution in [0.5, 0.6) is 0 Å². The van der Waals surface area contributed by atoms with Crippen LogP contribution in [-0.4, -0.2) is 70.7 Å². The highest BCUT2D eigenvalue weighted by Crippen LogP contribution is 2.44. The first-order valence-corrected chi connectivity index (χ1v) is 16.7. The molecule has 45 heavy (non-hydrogen) atoms. The largest absolute Gasteiger partial charge is 0.381 e. The lowest BCUT2D eigenvalue weighted by Gasteiger charge is -2.38. The minimum Gasteiger partial charge on any atom is -0.381 e. The molecule has 1 aromatic heterocycles. The summed E-state index contributed by atoms with van der Waals surface area (Å²) < 4.78 is 7.60. The molecule has 238 valence electrons. The molecule has 2 aromatic carbocycles. The highest BCUT2D eigenvalue weighted by atomic mass is 16.5. The molecule has 3 aliphatic heterocycles. The SMILES string of the molecule is Cc1ccc(C[C@@H]2C[C@@H](C(=O)NCc3ccc4c(cnn4C)c3)N(C(=O)[C@@H]3NCCC[C@@H]3C(=O)C3C4CCC3COC4)C2)cc1. The van der Waals surface area contributed by atoms with Gasteiger partial charge in [-0.25, -0.2) is 0 Å². The quantitative estimate of drug-likeness (QED) is 0.404. The van der Waals surface area contributed by atoms with E-state index in [1.165, 1.54) is 11.1 Å². The van der Waals surface area contributed by atoms with E-state index in [1.807, 2.05) is 36.1 Å². The molecule has 2 unspecified atom stereocenters. The summed E-state index contributed by atoms with van der Waals surface area (Å²) in [5.74, 6) is 0.319. The number of ketones is 1. The zero-order valence-electron chi connectivity index (χ0n) is 26.4. The van der Waals surface area contributed by atoms with Gasteiger partial charge in [0.1, 0.15) is 11.8 Å². The van der Waals surface area contributed by atoms with E-state index >= 15 is 0 Å². The second kappa shape index (κ2) is 12.7. The number of ether oxygens (including phenoxy) is 1. The number of Topliss-reactive ketones (excluding diaryl/α,β-unsaturated/α-hetero) is 1. The van der Waals surface area contributed by atoms with E-state index in [2.05, 4.69) is 46.9 Å². The average Bonchev–Trinajstić information content (AvgIpc) is 3.72. The zero-order valence-corrected chi connectivity index (χ0v) is 26.4. The topological polar surface area (TPSA) is 106 Å². The number of amides is 2. The van der Waals surface area contributed by atoms with Crippen LogP contribution < -0.4 is 10.6 Å². The minimum absolute atomic E-state index is 0.0111. The Labute approximate surface area is 265 Å². The maximum absolute atomic E-state index is 14.5. The molecule has 9 nitrogen and oxygen atoms in total. The van der Waals surface area contributed by atoms with Crippen LogP contribution in [0.4, 0.5) is 0 Å². The van der Waals surface area contributed by atoms with Gasteiger partial charge in [0.15, 0.2) is 0 Å². The second-order valence-electron chi connectivity index (χ2n) is 13.9. The number of hydrogen-bond donors (Lipinski definition) is 2. The molecule has 3 saturated heterocycles. The Bertz CT molecular complexity index is 1550. The molecule has 4 fully saturated rings. The third-order valence-corrected chi connectivity index (χ3v) is 10.9. The Kier molecular flexibility index (Phi) is 8.48. The minimum atomic E-state index is -0.588. The van der Waals surface area contributed by atoms with Crippen molar-refractivity contribution in [2.75, 3.05) is 26.3 Å². The van der Waals surface area contributed by atoms with Crippen molar-refractivity contribution in [3.05, 3.63) is 65.4 Å². The number of hydrogen-bond acceptors (Lipinski definition) is 6. The number of carbonyl (C=O) groups excluding carboxylic acids is 3. The molecule has 2 bridgehead atoms. The normalized spacial score (nSPS) is 29.6. The Morgan fingerprint density at radius 1 is 1.02 bits per heavy atom. The molecule has 9 heteroatoms. The van der Waals surface area contributed by atoms with Gasteiger partial charge < -0.3 is 20.3 Å². The summed E-state index contributed by atoms with van der Waals surface area (Å²) in [5, 5.41) is 11.9. The van der Waals surface area contributed by atoms with Crippen LogP contribution >= 0.6 is 0 Å².